The predicted octanol–water partition coefficient (Wildman–Crippen LogP) is 2.08. The number of fused-ring (bicyclic) bond motifs is 1. The second kappa shape index (κ2) is 7.64. The molecule has 0 spiro atoms. The number of benzene rings is 1. The van der Waals surface area contributed by atoms with Crippen LogP contribution in [0.25, 0.3) is 5.65 Å². The van der Waals surface area contributed by atoms with E-state index < -0.39 is 5.97 Å². The van der Waals surface area contributed by atoms with Crippen molar-refractivity contribution in [1.82, 2.24) is 25.2 Å². The minimum absolute atomic E-state index is 0.311. The molecule has 3 rings (SSSR count). The summed E-state index contributed by atoms with van der Waals surface area (Å²) in [6, 6.07) is 11.8. The topological polar surface area (TPSA) is 97.6 Å². The summed E-state index contributed by atoms with van der Waals surface area (Å²) in [6.07, 6.45) is 1.85. The van der Waals surface area contributed by atoms with Gasteiger partial charge in [-0.1, -0.05) is 18.2 Å². The lowest BCUT2D eigenvalue weighted by Gasteiger charge is -2.13. The average Bonchev–Trinajstić information content (AvgIpc) is 3.10. The highest BCUT2D eigenvalue weighted by Gasteiger charge is 2.15. The van der Waals surface area contributed by atoms with Gasteiger partial charge < -0.3 is 15.4 Å². The summed E-state index contributed by atoms with van der Waals surface area (Å²) in [7, 11) is 1.34. The van der Waals surface area contributed by atoms with Gasteiger partial charge >= 0.3 is 12.0 Å². The third-order valence-corrected chi connectivity index (χ3v) is 3.90. The lowest BCUT2D eigenvalue weighted by Crippen LogP contribution is -2.37. The fourth-order valence-electron chi connectivity index (χ4n) is 2.53. The van der Waals surface area contributed by atoms with E-state index in [0.29, 0.717) is 17.9 Å². The summed E-state index contributed by atoms with van der Waals surface area (Å²) in [5.74, 6) is 0.259. The van der Waals surface area contributed by atoms with Crippen molar-refractivity contribution in [3.05, 3.63) is 65.6 Å². The second-order valence-corrected chi connectivity index (χ2v) is 5.72. The summed E-state index contributed by atoms with van der Waals surface area (Å²) in [4.78, 5) is 23.5. The number of methoxy groups -OCH3 is 1. The lowest BCUT2D eigenvalue weighted by molar-refractivity contribution is 0.0600. The van der Waals surface area contributed by atoms with Gasteiger partial charge in [0.1, 0.15) is 0 Å². The first-order valence-corrected chi connectivity index (χ1v) is 8.10. The lowest BCUT2D eigenvalue weighted by atomic mass is 10.1. The molecule has 26 heavy (non-hydrogen) atoms. The first-order valence-electron chi connectivity index (χ1n) is 8.10. The Morgan fingerprint density at radius 3 is 2.65 bits per heavy atom. The van der Waals surface area contributed by atoms with E-state index in [2.05, 4.69) is 25.6 Å². The Balaban J connectivity index is 1.56. The van der Waals surface area contributed by atoms with Gasteiger partial charge in [-0.15, -0.1) is 10.2 Å². The van der Waals surface area contributed by atoms with E-state index in [1.165, 1.54) is 7.11 Å². The number of ether oxygens (including phenoxy) is 1. The average molecular weight is 353 g/mol. The van der Waals surface area contributed by atoms with E-state index in [-0.39, 0.29) is 12.1 Å². The molecule has 0 radical (unpaired) electrons. The molecule has 0 saturated carbocycles. The van der Waals surface area contributed by atoms with Gasteiger partial charge in [-0.05, 0) is 36.8 Å². The summed E-state index contributed by atoms with van der Waals surface area (Å²) in [6.45, 7) is 2.18. The number of rotatable bonds is 5. The Morgan fingerprint density at radius 2 is 1.92 bits per heavy atom. The zero-order chi connectivity index (χ0) is 18.5. The number of nitrogens with zero attached hydrogens (tertiary/aromatic N) is 3. The van der Waals surface area contributed by atoms with Crippen LogP contribution in [0.15, 0.2) is 48.7 Å². The minimum Gasteiger partial charge on any atom is -0.465 e. The van der Waals surface area contributed by atoms with Crippen LogP contribution in [0.1, 0.15) is 34.7 Å². The first kappa shape index (κ1) is 17.4. The molecule has 8 nitrogen and oxygen atoms in total. The van der Waals surface area contributed by atoms with Crippen molar-refractivity contribution < 1.29 is 14.3 Å². The molecule has 0 aliphatic rings. The van der Waals surface area contributed by atoms with Crippen LogP contribution in [-0.2, 0) is 11.3 Å². The van der Waals surface area contributed by atoms with Crippen molar-refractivity contribution in [2.24, 2.45) is 0 Å². The number of carbonyl (C=O) groups excluding carboxylic acids is 2. The quantitative estimate of drug-likeness (QED) is 0.685. The molecule has 0 aliphatic heterocycles. The smallest absolute Gasteiger partial charge is 0.337 e. The highest BCUT2D eigenvalue weighted by atomic mass is 16.5. The van der Waals surface area contributed by atoms with Crippen LogP contribution in [-0.4, -0.2) is 33.7 Å². The van der Waals surface area contributed by atoms with Crippen molar-refractivity contribution >= 4 is 17.6 Å². The number of nitrogens with one attached hydrogen (secondary N) is 2. The SMILES string of the molecule is COC(=O)c1ccc(CNC(=O)NC(C)c2nnc3ccccn23)cc1. The summed E-state index contributed by atoms with van der Waals surface area (Å²) in [5, 5.41) is 13.8. The molecule has 2 N–H and O–H groups in total. The molecule has 2 amide bonds. The van der Waals surface area contributed by atoms with Gasteiger partial charge in [0.25, 0.3) is 0 Å². The van der Waals surface area contributed by atoms with Gasteiger partial charge in [0, 0.05) is 12.7 Å². The number of aromatic nitrogens is 3. The number of esters is 1. The third kappa shape index (κ3) is 3.80. The highest BCUT2D eigenvalue weighted by molar-refractivity contribution is 5.89. The minimum atomic E-state index is -0.392. The van der Waals surface area contributed by atoms with Crippen molar-refractivity contribution in [1.29, 1.82) is 0 Å². The standard InChI is InChI=1S/C18H19N5O3/c1-12(16-22-21-15-5-3-4-10-23(15)16)20-18(25)19-11-13-6-8-14(9-7-13)17(24)26-2/h3-10,12H,11H2,1-2H3,(H2,19,20,25). The largest absolute Gasteiger partial charge is 0.465 e. The number of carbonyl (C=O) groups is 2. The fourth-order valence-corrected chi connectivity index (χ4v) is 2.53. The summed E-state index contributed by atoms with van der Waals surface area (Å²) >= 11 is 0. The van der Waals surface area contributed by atoms with Crippen LogP contribution >= 0.6 is 0 Å². The maximum Gasteiger partial charge on any atom is 0.337 e. The zero-order valence-corrected chi connectivity index (χ0v) is 14.5. The first-order chi connectivity index (χ1) is 12.6. The molecule has 0 saturated heterocycles. The van der Waals surface area contributed by atoms with Crippen LogP contribution in [0.5, 0.6) is 0 Å². The Morgan fingerprint density at radius 1 is 1.15 bits per heavy atom. The van der Waals surface area contributed by atoms with E-state index >= 15 is 0 Å². The second-order valence-electron chi connectivity index (χ2n) is 5.72. The van der Waals surface area contributed by atoms with Gasteiger partial charge in [-0.2, -0.15) is 0 Å². The van der Waals surface area contributed by atoms with Gasteiger partial charge in [0.05, 0.1) is 18.7 Å². The van der Waals surface area contributed by atoms with Crippen LogP contribution in [0.3, 0.4) is 0 Å². The van der Waals surface area contributed by atoms with E-state index in [1.54, 1.807) is 24.3 Å². The Kier molecular flexibility index (Phi) is 5.12. The molecule has 2 heterocycles. The van der Waals surface area contributed by atoms with Gasteiger partial charge in [-0.3, -0.25) is 4.40 Å². The van der Waals surface area contributed by atoms with Crippen LogP contribution in [0, 0.1) is 0 Å². The Bertz CT molecular complexity index is 920. The molecule has 2 aromatic heterocycles. The van der Waals surface area contributed by atoms with Crippen molar-refractivity contribution in [2.45, 2.75) is 19.5 Å². The third-order valence-electron chi connectivity index (χ3n) is 3.90. The monoisotopic (exact) mass is 353 g/mol. The zero-order valence-electron chi connectivity index (χ0n) is 14.5. The maximum atomic E-state index is 12.1. The van der Waals surface area contributed by atoms with Gasteiger partial charge in [-0.25, -0.2) is 9.59 Å². The molecule has 0 aliphatic carbocycles. The number of hydrogen-bond acceptors (Lipinski definition) is 5. The Labute approximate surface area is 150 Å². The van der Waals surface area contributed by atoms with Crippen molar-refractivity contribution in [3.63, 3.8) is 0 Å². The number of amides is 2. The normalized spacial score (nSPS) is 11.8. The Hall–Kier alpha value is -3.42. The van der Waals surface area contributed by atoms with Crippen LogP contribution < -0.4 is 10.6 Å². The molecule has 1 aromatic carbocycles. The van der Waals surface area contributed by atoms with Crippen molar-refractivity contribution in [2.75, 3.05) is 7.11 Å². The number of pyridine rings is 1. The van der Waals surface area contributed by atoms with E-state index in [9.17, 15) is 9.59 Å². The van der Waals surface area contributed by atoms with Gasteiger partial charge in [0.15, 0.2) is 11.5 Å². The summed E-state index contributed by atoms with van der Waals surface area (Å²) in [5.41, 5.74) is 2.06. The van der Waals surface area contributed by atoms with Crippen LogP contribution in [0.2, 0.25) is 0 Å². The molecule has 1 atom stereocenters. The molecule has 0 fully saturated rings. The fraction of sp³-hybridized carbons (Fsp3) is 0.222. The molecule has 0 bridgehead atoms. The highest BCUT2D eigenvalue weighted by Crippen LogP contribution is 2.11. The molecule has 1 unspecified atom stereocenters. The molecule has 8 heteroatoms. The summed E-state index contributed by atoms with van der Waals surface area (Å²) < 4.78 is 6.48. The maximum absolute atomic E-state index is 12.1. The molecular weight excluding hydrogens is 334 g/mol. The van der Waals surface area contributed by atoms with E-state index in [0.717, 1.165) is 11.2 Å². The number of urea groups is 1. The molecule has 3 aromatic rings. The van der Waals surface area contributed by atoms with Crippen molar-refractivity contribution in [3.8, 4) is 0 Å². The molecule has 134 valence electrons. The van der Waals surface area contributed by atoms with Crippen LogP contribution in [0.4, 0.5) is 4.79 Å². The number of hydrogen-bond donors (Lipinski definition) is 2. The van der Waals surface area contributed by atoms with E-state index in [4.69, 9.17) is 0 Å². The molecular formula is C18H19N5O3. The van der Waals surface area contributed by atoms with E-state index in [1.807, 2.05) is 35.7 Å². The van der Waals surface area contributed by atoms with Gasteiger partial charge in [0.2, 0.25) is 0 Å². The predicted molar refractivity (Wildman–Crippen MR) is 94.6 cm³/mol.